The Morgan fingerprint density at radius 2 is 2.17 bits per heavy atom. The van der Waals surface area contributed by atoms with Crippen molar-refractivity contribution in [3.63, 3.8) is 0 Å². The summed E-state index contributed by atoms with van der Waals surface area (Å²) in [7, 11) is 0. The first-order valence-electron chi connectivity index (χ1n) is 7.47. The lowest BCUT2D eigenvalue weighted by Crippen LogP contribution is -2.59. The first-order valence-corrected chi connectivity index (χ1v) is 7.47. The second kappa shape index (κ2) is 9.44. The Balaban J connectivity index is 0.00000132. The van der Waals surface area contributed by atoms with Gasteiger partial charge in [0.05, 0.1) is 32.0 Å². The standard InChI is InChI=1S/C14H22N4O3.2ClH/c1-11-13(15-4-7-20-11)14(19)17-6-8-21-12(9-17)10-18-5-2-3-16-18;;/h2-3,5,11-13,15H,4,6-10H2,1H3;2*1H/t11-,12?,13+;;/m1../s1. The van der Waals surface area contributed by atoms with E-state index in [-0.39, 0.29) is 49.0 Å². The van der Waals surface area contributed by atoms with E-state index in [9.17, 15) is 4.79 Å². The minimum Gasteiger partial charge on any atom is -0.375 e. The summed E-state index contributed by atoms with van der Waals surface area (Å²) in [5.41, 5.74) is 0. The summed E-state index contributed by atoms with van der Waals surface area (Å²) in [6.07, 6.45) is 3.56. The molecule has 2 aliphatic rings. The lowest BCUT2D eigenvalue weighted by molar-refractivity contribution is -0.147. The van der Waals surface area contributed by atoms with Gasteiger partial charge >= 0.3 is 0 Å². The molecular formula is C14H24Cl2N4O3. The van der Waals surface area contributed by atoms with Gasteiger partial charge in [-0.15, -0.1) is 24.8 Å². The van der Waals surface area contributed by atoms with E-state index >= 15 is 0 Å². The van der Waals surface area contributed by atoms with Crippen LogP contribution in [0.3, 0.4) is 0 Å². The molecule has 132 valence electrons. The second-order valence-electron chi connectivity index (χ2n) is 5.51. The van der Waals surface area contributed by atoms with E-state index in [0.717, 1.165) is 6.54 Å². The minimum absolute atomic E-state index is 0. The number of ether oxygens (including phenoxy) is 2. The third-order valence-electron chi connectivity index (χ3n) is 3.98. The summed E-state index contributed by atoms with van der Waals surface area (Å²) in [6, 6.07) is 1.64. The molecule has 2 fully saturated rings. The summed E-state index contributed by atoms with van der Waals surface area (Å²) in [5.74, 6) is 0.107. The van der Waals surface area contributed by atoms with Gasteiger partial charge in [-0.05, 0) is 13.0 Å². The molecule has 3 atom stereocenters. The van der Waals surface area contributed by atoms with Crippen molar-refractivity contribution in [2.45, 2.75) is 31.7 Å². The Morgan fingerprint density at radius 3 is 2.87 bits per heavy atom. The zero-order valence-corrected chi connectivity index (χ0v) is 14.7. The largest absolute Gasteiger partial charge is 0.375 e. The number of rotatable bonds is 3. The van der Waals surface area contributed by atoms with E-state index in [1.807, 2.05) is 28.8 Å². The van der Waals surface area contributed by atoms with Crippen LogP contribution in [0.25, 0.3) is 0 Å². The maximum atomic E-state index is 12.6. The van der Waals surface area contributed by atoms with Gasteiger partial charge in [0.15, 0.2) is 0 Å². The molecule has 9 heteroatoms. The topological polar surface area (TPSA) is 68.6 Å². The van der Waals surface area contributed by atoms with Crippen LogP contribution in [0.5, 0.6) is 0 Å². The van der Waals surface area contributed by atoms with Crippen molar-refractivity contribution in [1.29, 1.82) is 0 Å². The second-order valence-corrected chi connectivity index (χ2v) is 5.51. The maximum Gasteiger partial charge on any atom is 0.242 e. The number of aromatic nitrogens is 2. The fourth-order valence-corrected chi connectivity index (χ4v) is 2.85. The Labute approximate surface area is 148 Å². The van der Waals surface area contributed by atoms with Gasteiger partial charge < -0.3 is 19.7 Å². The number of hydrogen-bond donors (Lipinski definition) is 1. The molecule has 0 saturated carbocycles. The lowest BCUT2D eigenvalue weighted by atomic mass is 10.1. The molecule has 0 bridgehead atoms. The highest BCUT2D eigenvalue weighted by molar-refractivity contribution is 5.85. The summed E-state index contributed by atoms with van der Waals surface area (Å²) in [5, 5.41) is 7.43. The molecule has 1 aromatic heterocycles. The van der Waals surface area contributed by atoms with Crippen molar-refractivity contribution >= 4 is 30.7 Å². The molecule has 3 heterocycles. The minimum atomic E-state index is -0.248. The van der Waals surface area contributed by atoms with Crippen LogP contribution in [0.15, 0.2) is 18.5 Å². The van der Waals surface area contributed by atoms with Crippen molar-refractivity contribution in [1.82, 2.24) is 20.0 Å². The average molecular weight is 367 g/mol. The highest BCUT2D eigenvalue weighted by atomic mass is 35.5. The van der Waals surface area contributed by atoms with Crippen LogP contribution in [0.4, 0.5) is 0 Å². The maximum absolute atomic E-state index is 12.6. The Morgan fingerprint density at radius 1 is 1.35 bits per heavy atom. The zero-order chi connectivity index (χ0) is 14.7. The van der Waals surface area contributed by atoms with Gasteiger partial charge in [0.2, 0.25) is 5.91 Å². The predicted molar refractivity (Wildman–Crippen MR) is 90.2 cm³/mol. The van der Waals surface area contributed by atoms with Crippen molar-refractivity contribution in [3.05, 3.63) is 18.5 Å². The number of nitrogens with zero attached hydrogens (tertiary/aromatic N) is 3. The molecule has 3 rings (SSSR count). The molecule has 2 saturated heterocycles. The van der Waals surface area contributed by atoms with E-state index in [1.54, 1.807) is 6.20 Å². The fourth-order valence-electron chi connectivity index (χ4n) is 2.85. The molecule has 0 aromatic carbocycles. The van der Waals surface area contributed by atoms with Gasteiger partial charge in [-0.25, -0.2) is 0 Å². The van der Waals surface area contributed by atoms with Crippen LogP contribution in [-0.2, 0) is 20.8 Å². The number of carbonyl (C=O) groups is 1. The molecule has 1 amide bonds. The number of morpholine rings is 2. The average Bonchev–Trinajstić information content (AvgIpc) is 3.00. The van der Waals surface area contributed by atoms with E-state index in [1.165, 1.54) is 0 Å². The third kappa shape index (κ3) is 5.06. The van der Waals surface area contributed by atoms with Gasteiger partial charge in [-0.2, -0.15) is 5.10 Å². The summed E-state index contributed by atoms with van der Waals surface area (Å²) < 4.78 is 13.1. The van der Waals surface area contributed by atoms with E-state index in [4.69, 9.17) is 9.47 Å². The van der Waals surface area contributed by atoms with Gasteiger partial charge in [-0.1, -0.05) is 0 Å². The molecule has 23 heavy (non-hydrogen) atoms. The summed E-state index contributed by atoms with van der Waals surface area (Å²) in [4.78, 5) is 14.5. The normalized spacial score (nSPS) is 27.7. The van der Waals surface area contributed by atoms with Crippen molar-refractivity contribution in [2.75, 3.05) is 32.8 Å². The predicted octanol–water partition coefficient (Wildman–Crippen LogP) is 0.331. The molecular weight excluding hydrogens is 343 g/mol. The molecule has 2 aliphatic heterocycles. The van der Waals surface area contributed by atoms with Gasteiger partial charge in [0.25, 0.3) is 0 Å². The molecule has 1 unspecified atom stereocenters. The SMILES string of the molecule is C[C@H]1OCCN[C@@H]1C(=O)N1CCOC(Cn2cccn2)C1.Cl.Cl. The van der Waals surface area contributed by atoms with Gasteiger partial charge in [0, 0.05) is 32.0 Å². The van der Waals surface area contributed by atoms with E-state index in [2.05, 4.69) is 10.4 Å². The highest BCUT2D eigenvalue weighted by Crippen LogP contribution is 2.13. The number of nitrogens with one attached hydrogen (secondary N) is 1. The van der Waals surface area contributed by atoms with Crippen LogP contribution in [-0.4, -0.2) is 71.7 Å². The van der Waals surface area contributed by atoms with Crippen LogP contribution < -0.4 is 5.32 Å². The molecule has 0 aliphatic carbocycles. The number of amides is 1. The number of carbonyl (C=O) groups excluding carboxylic acids is 1. The fraction of sp³-hybridized carbons (Fsp3) is 0.714. The summed E-state index contributed by atoms with van der Waals surface area (Å²) >= 11 is 0. The Kier molecular flexibility index (Phi) is 8.28. The Hall–Kier alpha value is -0.860. The Bertz CT molecular complexity index is 475. The quantitative estimate of drug-likeness (QED) is 0.834. The first kappa shape index (κ1) is 20.2. The number of hydrogen-bond acceptors (Lipinski definition) is 5. The molecule has 1 N–H and O–H groups in total. The van der Waals surface area contributed by atoms with Crippen LogP contribution in [0, 0.1) is 0 Å². The van der Waals surface area contributed by atoms with E-state index in [0.29, 0.717) is 32.8 Å². The molecule has 1 aromatic rings. The molecule has 0 radical (unpaired) electrons. The molecule has 7 nitrogen and oxygen atoms in total. The summed E-state index contributed by atoms with van der Waals surface area (Å²) in [6.45, 7) is 5.80. The third-order valence-corrected chi connectivity index (χ3v) is 3.98. The van der Waals surface area contributed by atoms with Crippen molar-refractivity contribution < 1.29 is 14.3 Å². The number of halogens is 2. The van der Waals surface area contributed by atoms with Crippen LogP contribution in [0.2, 0.25) is 0 Å². The van der Waals surface area contributed by atoms with Gasteiger partial charge in [0.1, 0.15) is 6.04 Å². The zero-order valence-electron chi connectivity index (χ0n) is 13.1. The van der Waals surface area contributed by atoms with Crippen LogP contribution in [0.1, 0.15) is 6.92 Å². The smallest absolute Gasteiger partial charge is 0.242 e. The van der Waals surface area contributed by atoms with Gasteiger partial charge in [-0.3, -0.25) is 9.48 Å². The monoisotopic (exact) mass is 366 g/mol. The van der Waals surface area contributed by atoms with Crippen molar-refractivity contribution in [3.8, 4) is 0 Å². The lowest BCUT2D eigenvalue weighted by Gasteiger charge is -2.38. The van der Waals surface area contributed by atoms with Crippen LogP contribution >= 0.6 is 24.8 Å². The first-order chi connectivity index (χ1) is 10.2. The highest BCUT2D eigenvalue weighted by Gasteiger charge is 2.34. The molecule has 0 spiro atoms. The van der Waals surface area contributed by atoms with E-state index < -0.39 is 0 Å². The van der Waals surface area contributed by atoms with Crippen molar-refractivity contribution in [2.24, 2.45) is 0 Å².